The maximum absolute atomic E-state index is 12.9. The number of nitrogens with two attached hydrogens (primary N) is 2. The average Bonchev–Trinajstić information content (AvgIpc) is 2.55. The summed E-state index contributed by atoms with van der Waals surface area (Å²) < 4.78 is 35.6. The molecule has 1 aliphatic carbocycles. The van der Waals surface area contributed by atoms with E-state index in [1.807, 2.05) is 0 Å². The number of hydrogen-bond acceptors (Lipinski definition) is 7. The van der Waals surface area contributed by atoms with Crippen LogP contribution in [0.15, 0.2) is 28.2 Å². The van der Waals surface area contributed by atoms with Crippen LogP contribution >= 0.6 is 0 Å². The summed E-state index contributed by atoms with van der Waals surface area (Å²) >= 11 is 0. The van der Waals surface area contributed by atoms with Crippen molar-refractivity contribution in [1.29, 1.82) is 0 Å². The molecule has 3 rings (SSSR count). The van der Waals surface area contributed by atoms with Crippen molar-refractivity contribution < 1.29 is 18.3 Å². The van der Waals surface area contributed by atoms with Gasteiger partial charge >= 0.3 is 6.61 Å². The molecule has 0 unspecified atom stereocenters. The number of methoxy groups -OCH3 is 1. The molecule has 1 fully saturated rings. The van der Waals surface area contributed by atoms with E-state index in [9.17, 15) is 8.78 Å². The molecular formula is C16H21F2N5O2. The molecule has 7 nitrogen and oxygen atoms in total. The van der Waals surface area contributed by atoms with Gasteiger partial charge in [0.15, 0.2) is 0 Å². The van der Waals surface area contributed by atoms with Crippen molar-refractivity contribution in [2.45, 2.75) is 44.4 Å². The Morgan fingerprint density at radius 3 is 2.56 bits per heavy atom. The largest absolute Gasteiger partial charge is 0.497 e. The Kier molecular flexibility index (Phi) is 4.65. The number of guanidine groups is 2. The van der Waals surface area contributed by atoms with E-state index in [2.05, 4.69) is 14.7 Å². The second-order valence-corrected chi connectivity index (χ2v) is 6.03. The zero-order chi connectivity index (χ0) is 18.0. The van der Waals surface area contributed by atoms with E-state index in [4.69, 9.17) is 16.2 Å². The van der Waals surface area contributed by atoms with Crippen molar-refractivity contribution in [2.24, 2.45) is 21.5 Å². The van der Waals surface area contributed by atoms with E-state index in [1.54, 1.807) is 17.0 Å². The van der Waals surface area contributed by atoms with Gasteiger partial charge < -0.3 is 20.9 Å². The number of ether oxygens (including phenoxy) is 2. The summed E-state index contributed by atoms with van der Waals surface area (Å²) in [7, 11) is 1.49. The van der Waals surface area contributed by atoms with Crippen LogP contribution in [0.2, 0.25) is 0 Å². The Morgan fingerprint density at radius 1 is 1.20 bits per heavy atom. The van der Waals surface area contributed by atoms with Crippen LogP contribution in [0.5, 0.6) is 11.5 Å². The van der Waals surface area contributed by atoms with Crippen LogP contribution in [0.1, 0.15) is 32.1 Å². The Bertz CT molecular complexity index is 702. The quantitative estimate of drug-likeness (QED) is 0.866. The highest BCUT2D eigenvalue weighted by Crippen LogP contribution is 2.44. The number of anilines is 1. The Labute approximate surface area is 144 Å². The first-order valence-corrected chi connectivity index (χ1v) is 8.08. The highest BCUT2D eigenvalue weighted by atomic mass is 19.3. The summed E-state index contributed by atoms with van der Waals surface area (Å²) in [6, 6.07) is 4.56. The second-order valence-electron chi connectivity index (χ2n) is 6.03. The monoisotopic (exact) mass is 353 g/mol. The summed E-state index contributed by atoms with van der Waals surface area (Å²) in [6.07, 6.45) is 4.30. The topological polar surface area (TPSA) is 98.5 Å². The third-order valence-corrected chi connectivity index (χ3v) is 4.47. The molecule has 0 aromatic heterocycles. The van der Waals surface area contributed by atoms with Crippen LogP contribution in [0.3, 0.4) is 0 Å². The minimum atomic E-state index is -2.97. The molecule has 0 atom stereocenters. The Morgan fingerprint density at radius 2 is 1.92 bits per heavy atom. The van der Waals surface area contributed by atoms with Gasteiger partial charge in [-0.2, -0.15) is 13.8 Å². The number of nitrogens with zero attached hydrogens (tertiary/aromatic N) is 3. The third-order valence-electron chi connectivity index (χ3n) is 4.47. The number of hydrogen-bond donors (Lipinski definition) is 2. The van der Waals surface area contributed by atoms with E-state index in [0.717, 1.165) is 19.3 Å². The van der Waals surface area contributed by atoms with E-state index < -0.39 is 12.3 Å². The maximum Gasteiger partial charge on any atom is 0.387 e. The third kappa shape index (κ3) is 3.31. The van der Waals surface area contributed by atoms with Gasteiger partial charge in [-0.25, -0.2) is 4.99 Å². The fourth-order valence-corrected chi connectivity index (χ4v) is 3.46. The molecule has 1 aliphatic heterocycles. The lowest BCUT2D eigenvalue weighted by Gasteiger charge is -2.45. The molecular weight excluding hydrogens is 332 g/mol. The Hall–Kier alpha value is -2.58. The molecule has 1 saturated carbocycles. The van der Waals surface area contributed by atoms with Crippen molar-refractivity contribution in [1.82, 2.24) is 0 Å². The molecule has 1 spiro atoms. The smallest absolute Gasteiger partial charge is 0.387 e. The minimum Gasteiger partial charge on any atom is -0.497 e. The molecule has 4 N–H and O–H groups in total. The predicted molar refractivity (Wildman–Crippen MR) is 91.2 cm³/mol. The fraction of sp³-hybridized carbons (Fsp3) is 0.500. The molecule has 1 aromatic carbocycles. The summed E-state index contributed by atoms with van der Waals surface area (Å²) in [5.41, 5.74) is 11.5. The number of alkyl halides is 2. The molecule has 0 radical (unpaired) electrons. The average molecular weight is 353 g/mol. The van der Waals surface area contributed by atoms with E-state index in [1.165, 1.54) is 13.2 Å². The van der Waals surface area contributed by atoms with Crippen LogP contribution in [0.25, 0.3) is 0 Å². The summed E-state index contributed by atoms with van der Waals surface area (Å²) in [5.74, 6) is 0.657. The van der Waals surface area contributed by atoms with Gasteiger partial charge in [-0.1, -0.05) is 6.42 Å². The van der Waals surface area contributed by atoms with Gasteiger partial charge in [-0.05, 0) is 37.8 Å². The first kappa shape index (κ1) is 17.2. The summed E-state index contributed by atoms with van der Waals surface area (Å²) in [5, 5.41) is 0. The minimum absolute atomic E-state index is 0.0189. The summed E-state index contributed by atoms with van der Waals surface area (Å²) in [6.45, 7) is -2.97. The molecule has 1 aromatic rings. The Balaban J connectivity index is 2.12. The number of halogens is 2. The van der Waals surface area contributed by atoms with Crippen LogP contribution in [-0.4, -0.2) is 31.3 Å². The fourth-order valence-electron chi connectivity index (χ4n) is 3.46. The van der Waals surface area contributed by atoms with Gasteiger partial charge in [-0.3, -0.25) is 4.90 Å². The molecule has 0 saturated heterocycles. The summed E-state index contributed by atoms with van der Waals surface area (Å²) in [4.78, 5) is 10.2. The van der Waals surface area contributed by atoms with Crippen molar-refractivity contribution in [3.8, 4) is 11.5 Å². The molecule has 1 heterocycles. The van der Waals surface area contributed by atoms with Crippen LogP contribution < -0.4 is 25.8 Å². The standard InChI is InChI=1S/C16H21F2N5O2/c1-24-10-5-6-12(25-13(17)18)11(9-10)23-15(20)21-14(19)22-16(23)7-3-2-4-8-16/h5-6,9,13H,2-4,7-8H2,1H3,(H4,19,20,21,22). The molecule has 136 valence electrons. The number of benzene rings is 1. The van der Waals surface area contributed by atoms with Gasteiger partial charge in [0.2, 0.25) is 11.9 Å². The first-order valence-electron chi connectivity index (χ1n) is 8.08. The van der Waals surface area contributed by atoms with Gasteiger partial charge in [0.05, 0.1) is 12.8 Å². The molecule has 0 bridgehead atoms. The van der Waals surface area contributed by atoms with Crippen molar-refractivity contribution in [2.75, 3.05) is 12.0 Å². The van der Waals surface area contributed by atoms with Crippen molar-refractivity contribution in [3.05, 3.63) is 18.2 Å². The zero-order valence-corrected chi connectivity index (χ0v) is 13.9. The highest BCUT2D eigenvalue weighted by Gasteiger charge is 2.43. The van der Waals surface area contributed by atoms with E-state index in [0.29, 0.717) is 24.3 Å². The SMILES string of the molecule is COc1ccc(OC(F)F)c(N2C(N)=NC(N)=NC23CCCCC3)c1. The second kappa shape index (κ2) is 6.73. The normalized spacial score (nSPS) is 19.6. The lowest BCUT2D eigenvalue weighted by atomic mass is 9.87. The zero-order valence-electron chi connectivity index (χ0n) is 13.9. The number of rotatable bonds is 4. The van der Waals surface area contributed by atoms with Crippen LogP contribution in [0, 0.1) is 0 Å². The lowest BCUT2D eigenvalue weighted by molar-refractivity contribution is -0.0496. The molecule has 9 heteroatoms. The van der Waals surface area contributed by atoms with Gasteiger partial charge in [0.25, 0.3) is 0 Å². The number of aliphatic imine (C=N–C) groups is 2. The van der Waals surface area contributed by atoms with E-state index in [-0.39, 0.29) is 17.7 Å². The van der Waals surface area contributed by atoms with Crippen molar-refractivity contribution >= 4 is 17.6 Å². The molecule has 0 amide bonds. The predicted octanol–water partition coefficient (Wildman–Crippen LogP) is 2.41. The van der Waals surface area contributed by atoms with Crippen LogP contribution in [0.4, 0.5) is 14.5 Å². The maximum atomic E-state index is 12.9. The highest BCUT2D eigenvalue weighted by molar-refractivity contribution is 6.06. The van der Waals surface area contributed by atoms with Crippen molar-refractivity contribution in [3.63, 3.8) is 0 Å². The first-order chi connectivity index (χ1) is 11.9. The van der Waals surface area contributed by atoms with Gasteiger partial charge in [0.1, 0.15) is 17.2 Å². The van der Waals surface area contributed by atoms with E-state index >= 15 is 0 Å². The van der Waals surface area contributed by atoms with Gasteiger partial charge in [-0.15, -0.1) is 0 Å². The van der Waals surface area contributed by atoms with Crippen LogP contribution in [-0.2, 0) is 0 Å². The lowest BCUT2D eigenvalue weighted by Crippen LogP contribution is -2.58. The van der Waals surface area contributed by atoms with Gasteiger partial charge in [0, 0.05) is 6.07 Å². The molecule has 25 heavy (non-hydrogen) atoms. The molecule has 2 aliphatic rings.